The summed E-state index contributed by atoms with van der Waals surface area (Å²) in [4.78, 5) is 2.48. The maximum atomic E-state index is 3.61. The largest absolute Gasteiger partial charge is 0.310 e. The quantitative estimate of drug-likeness (QED) is 0.807. The number of hydrogen-bond donors (Lipinski definition) is 1. The van der Waals surface area contributed by atoms with Crippen LogP contribution in [-0.2, 0) is 0 Å². The first-order valence-electron chi connectivity index (χ1n) is 7.84. The maximum absolute atomic E-state index is 3.61. The van der Waals surface area contributed by atoms with Crippen LogP contribution in [0.3, 0.4) is 0 Å². The molecule has 0 fully saturated rings. The molecule has 0 aliphatic heterocycles. The monoisotopic (exact) mass is 276 g/mol. The molecule has 0 radical (unpaired) electrons. The van der Waals surface area contributed by atoms with Gasteiger partial charge in [-0.3, -0.25) is 0 Å². The van der Waals surface area contributed by atoms with Crippen molar-refractivity contribution in [2.75, 3.05) is 20.1 Å². The lowest BCUT2D eigenvalue weighted by Crippen LogP contribution is -2.40. The van der Waals surface area contributed by atoms with Gasteiger partial charge in [-0.05, 0) is 44.5 Å². The first-order chi connectivity index (χ1) is 9.36. The van der Waals surface area contributed by atoms with Crippen LogP contribution in [0.15, 0.2) is 30.3 Å². The van der Waals surface area contributed by atoms with Gasteiger partial charge in [-0.15, -0.1) is 0 Å². The topological polar surface area (TPSA) is 15.3 Å². The SMILES string of the molecule is CCNC(CCN(C)C(C)C(C)(C)C)c1ccccc1. The molecule has 2 unspecified atom stereocenters. The molecule has 0 heterocycles. The molecule has 0 bridgehead atoms. The molecule has 0 aliphatic rings. The first kappa shape index (κ1) is 17.2. The highest BCUT2D eigenvalue weighted by molar-refractivity contribution is 5.18. The van der Waals surface area contributed by atoms with Crippen molar-refractivity contribution in [1.82, 2.24) is 10.2 Å². The fraction of sp³-hybridized carbons (Fsp3) is 0.667. The Morgan fingerprint density at radius 1 is 1.15 bits per heavy atom. The van der Waals surface area contributed by atoms with E-state index in [1.807, 2.05) is 0 Å². The first-order valence-corrected chi connectivity index (χ1v) is 7.84. The standard InChI is InChI=1S/C18H32N2/c1-7-19-17(16-11-9-8-10-12-16)13-14-20(6)15(2)18(3,4)5/h8-12,15,17,19H,7,13-14H2,1-6H3. The van der Waals surface area contributed by atoms with Crippen molar-refractivity contribution in [2.24, 2.45) is 5.41 Å². The van der Waals surface area contributed by atoms with E-state index in [2.05, 4.69) is 82.2 Å². The van der Waals surface area contributed by atoms with E-state index >= 15 is 0 Å². The number of nitrogens with one attached hydrogen (secondary N) is 1. The van der Waals surface area contributed by atoms with E-state index in [-0.39, 0.29) is 0 Å². The van der Waals surface area contributed by atoms with Gasteiger partial charge in [0.15, 0.2) is 0 Å². The Balaban J connectivity index is 2.60. The van der Waals surface area contributed by atoms with Gasteiger partial charge in [0.25, 0.3) is 0 Å². The molecule has 0 amide bonds. The van der Waals surface area contributed by atoms with Crippen LogP contribution in [0.25, 0.3) is 0 Å². The average molecular weight is 276 g/mol. The van der Waals surface area contributed by atoms with Crippen molar-refractivity contribution < 1.29 is 0 Å². The maximum Gasteiger partial charge on any atom is 0.0332 e. The Kier molecular flexibility index (Phi) is 6.70. The predicted octanol–water partition coefficient (Wildman–Crippen LogP) is 4.09. The highest BCUT2D eigenvalue weighted by atomic mass is 15.1. The fourth-order valence-corrected chi connectivity index (χ4v) is 2.51. The van der Waals surface area contributed by atoms with Crippen molar-refractivity contribution >= 4 is 0 Å². The predicted molar refractivity (Wildman–Crippen MR) is 89.0 cm³/mol. The van der Waals surface area contributed by atoms with Crippen molar-refractivity contribution in [3.63, 3.8) is 0 Å². The van der Waals surface area contributed by atoms with E-state index in [4.69, 9.17) is 0 Å². The summed E-state index contributed by atoms with van der Waals surface area (Å²) in [6.45, 7) is 13.6. The van der Waals surface area contributed by atoms with E-state index in [0.29, 0.717) is 17.5 Å². The Labute approximate surface area is 125 Å². The number of rotatable bonds is 7. The Morgan fingerprint density at radius 2 is 1.75 bits per heavy atom. The third-order valence-corrected chi connectivity index (χ3v) is 4.34. The summed E-state index contributed by atoms with van der Waals surface area (Å²) in [5.74, 6) is 0. The zero-order valence-corrected chi connectivity index (χ0v) is 14.1. The molecule has 0 aliphatic carbocycles. The lowest BCUT2D eigenvalue weighted by atomic mass is 9.87. The second-order valence-electron chi connectivity index (χ2n) is 6.83. The molecule has 114 valence electrons. The van der Waals surface area contributed by atoms with Crippen molar-refractivity contribution in [3.05, 3.63) is 35.9 Å². The van der Waals surface area contributed by atoms with Gasteiger partial charge in [-0.1, -0.05) is 58.0 Å². The van der Waals surface area contributed by atoms with Gasteiger partial charge in [0.2, 0.25) is 0 Å². The van der Waals surface area contributed by atoms with Gasteiger partial charge in [0.1, 0.15) is 0 Å². The highest BCUT2D eigenvalue weighted by Gasteiger charge is 2.24. The summed E-state index contributed by atoms with van der Waals surface area (Å²) in [7, 11) is 2.24. The van der Waals surface area contributed by atoms with Gasteiger partial charge >= 0.3 is 0 Å². The molecular formula is C18H32N2. The van der Waals surface area contributed by atoms with Crippen LogP contribution >= 0.6 is 0 Å². The molecule has 2 heteroatoms. The summed E-state index contributed by atoms with van der Waals surface area (Å²) in [5.41, 5.74) is 1.72. The summed E-state index contributed by atoms with van der Waals surface area (Å²) < 4.78 is 0. The van der Waals surface area contributed by atoms with Gasteiger partial charge in [0.05, 0.1) is 0 Å². The lowest BCUT2D eigenvalue weighted by Gasteiger charge is -2.36. The van der Waals surface area contributed by atoms with Crippen LogP contribution in [0, 0.1) is 5.41 Å². The van der Waals surface area contributed by atoms with Crippen LogP contribution in [0.2, 0.25) is 0 Å². The second-order valence-corrected chi connectivity index (χ2v) is 6.83. The molecule has 2 nitrogen and oxygen atoms in total. The van der Waals surface area contributed by atoms with Crippen molar-refractivity contribution in [1.29, 1.82) is 0 Å². The minimum Gasteiger partial charge on any atom is -0.310 e. The van der Waals surface area contributed by atoms with Gasteiger partial charge in [-0.25, -0.2) is 0 Å². The second kappa shape index (κ2) is 7.80. The minimum atomic E-state index is 0.329. The number of benzene rings is 1. The molecule has 1 aromatic carbocycles. The Morgan fingerprint density at radius 3 is 2.25 bits per heavy atom. The average Bonchev–Trinajstić information content (AvgIpc) is 2.42. The number of hydrogen-bond acceptors (Lipinski definition) is 2. The van der Waals surface area contributed by atoms with E-state index in [9.17, 15) is 0 Å². The van der Waals surface area contributed by atoms with E-state index < -0.39 is 0 Å². The molecule has 0 saturated heterocycles. The summed E-state index contributed by atoms with van der Waals surface area (Å²) >= 11 is 0. The van der Waals surface area contributed by atoms with E-state index in [0.717, 1.165) is 19.5 Å². The molecular weight excluding hydrogens is 244 g/mol. The molecule has 0 aromatic heterocycles. The van der Waals surface area contributed by atoms with E-state index in [1.54, 1.807) is 0 Å². The van der Waals surface area contributed by atoms with Crippen molar-refractivity contribution in [3.8, 4) is 0 Å². The van der Waals surface area contributed by atoms with Crippen LogP contribution in [-0.4, -0.2) is 31.1 Å². The van der Waals surface area contributed by atoms with Crippen LogP contribution in [0.4, 0.5) is 0 Å². The summed E-state index contributed by atoms with van der Waals surface area (Å²) in [6.07, 6.45) is 1.15. The molecule has 1 rings (SSSR count). The summed E-state index contributed by atoms with van der Waals surface area (Å²) in [6, 6.07) is 11.8. The van der Waals surface area contributed by atoms with Crippen LogP contribution in [0.5, 0.6) is 0 Å². The number of nitrogens with zero attached hydrogens (tertiary/aromatic N) is 1. The van der Waals surface area contributed by atoms with Crippen LogP contribution in [0.1, 0.15) is 52.6 Å². The third kappa shape index (κ3) is 5.26. The molecule has 2 atom stereocenters. The highest BCUT2D eigenvalue weighted by Crippen LogP contribution is 2.24. The fourth-order valence-electron chi connectivity index (χ4n) is 2.51. The molecule has 1 aromatic rings. The van der Waals surface area contributed by atoms with E-state index in [1.165, 1.54) is 5.56 Å². The normalized spacial score (nSPS) is 15.3. The molecule has 20 heavy (non-hydrogen) atoms. The summed E-state index contributed by atoms with van der Waals surface area (Å²) in [5, 5.41) is 3.61. The van der Waals surface area contributed by atoms with Crippen molar-refractivity contribution in [2.45, 2.75) is 53.1 Å². The lowest BCUT2D eigenvalue weighted by molar-refractivity contribution is 0.136. The zero-order chi connectivity index (χ0) is 15.2. The zero-order valence-electron chi connectivity index (χ0n) is 14.1. The van der Waals surface area contributed by atoms with Gasteiger partial charge < -0.3 is 10.2 Å². The minimum absolute atomic E-state index is 0.329. The smallest absolute Gasteiger partial charge is 0.0332 e. The van der Waals surface area contributed by atoms with Crippen LogP contribution < -0.4 is 5.32 Å². The molecule has 0 saturated carbocycles. The Bertz CT molecular complexity index is 367. The van der Waals surface area contributed by atoms with Gasteiger partial charge in [-0.2, -0.15) is 0 Å². The molecule has 1 N–H and O–H groups in total. The third-order valence-electron chi connectivity index (χ3n) is 4.34. The van der Waals surface area contributed by atoms with Gasteiger partial charge in [0, 0.05) is 12.1 Å². The Hall–Kier alpha value is -0.860. The molecule has 0 spiro atoms.